The summed E-state index contributed by atoms with van der Waals surface area (Å²) in [6.07, 6.45) is 3.97. The molecular weight excluding hydrogens is 192 g/mol. The predicted molar refractivity (Wildman–Crippen MR) is 58.8 cm³/mol. The highest BCUT2D eigenvalue weighted by Gasteiger charge is 2.11. The van der Waals surface area contributed by atoms with Crippen LogP contribution in [0, 0.1) is 0 Å². The first kappa shape index (κ1) is 11.8. The van der Waals surface area contributed by atoms with Gasteiger partial charge in [-0.05, 0) is 33.1 Å². The summed E-state index contributed by atoms with van der Waals surface area (Å²) in [5, 5.41) is 0. The molecule has 1 rings (SSSR count). The fraction of sp³-hybridized carbons (Fsp3) is 0.545. The van der Waals surface area contributed by atoms with Crippen LogP contribution in [0.4, 0.5) is 0 Å². The molecule has 4 nitrogen and oxygen atoms in total. The van der Waals surface area contributed by atoms with Crippen molar-refractivity contribution in [2.45, 2.75) is 6.42 Å². The third-order valence-corrected chi connectivity index (χ3v) is 2.21. The van der Waals surface area contributed by atoms with Crippen LogP contribution in [-0.2, 0) is 0 Å². The number of hydrogen-bond acceptors (Lipinski definition) is 3. The number of furan rings is 1. The lowest BCUT2D eigenvalue weighted by Gasteiger charge is -2.17. The highest BCUT2D eigenvalue weighted by atomic mass is 16.3. The Labute approximate surface area is 90.5 Å². The van der Waals surface area contributed by atoms with E-state index in [0.29, 0.717) is 5.56 Å². The number of rotatable bonds is 5. The van der Waals surface area contributed by atoms with Crippen molar-refractivity contribution in [1.29, 1.82) is 0 Å². The fourth-order valence-corrected chi connectivity index (χ4v) is 1.33. The van der Waals surface area contributed by atoms with Crippen LogP contribution in [0.5, 0.6) is 0 Å². The third kappa shape index (κ3) is 3.75. The van der Waals surface area contributed by atoms with E-state index in [1.54, 1.807) is 11.0 Å². The molecule has 1 amide bonds. The number of carbonyl (C=O) groups excluding carboxylic acids is 1. The Morgan fingerprint density at radius 3 is 2.60 bits per heavy atom. The van der Waals surface area contributed by atoms with Gasteiger partial charge in [0.05, 0.1) is 11.8 Å². The number of carbonyl (C=O) groups is 1. The van der Waals surface area contributed by atoms with Crippen LogP contribution in [0.2, 0.25) is 0 Å². The minimum absolute atomic E-state index is 0.0162. The smallest absolute Gasteiger partial charge is 0.256 e. The van der Waals surface area contributed by atoms with E-state index in [-0.39, 0.29) is 5.91 Å². The van der Waals surface area contributed by atoms with E-state index in [4.69, 9.17) is 4.42 Å². The topological polar surface area (TPSA) is 36.7 Å². The molecule has 1 aromatic rings. The summed E-state index contributed by atoms with van der Waals surface area (Å²) >= 11 is 0. The van der Waals surface area contributed by atoms with Gasteiger partial charge in [-0.3, -0.25) is 4.79 Å². The van der Waals surface area contributed by atoms with Crippen molar-refractivity contribution >= 4 is 5.91 Å². The Hall–Kier alpha value is -1.29. The zero-order chi connectivity index (χ0) is 11.3. The average molecular weight is 210 g/mol. The summed E-state index contributed by atoms with van der Waals surface area (Å²) in [7, 11) is 5.86. The molecule has 0 saturated heterocycles. The second-order valence-electron chi connectivity index (χ2n) is 3.90. The van der Waals surface area contributed by atoms with Crippen LogP contribution in [0.1, 0.15) is 16.8 Å². The molecule has 15 heavy (non-hydrogen) atoms. The maximum absolute atomic E-state index is 11.7. The first-order valence-corrected chi connectivity index (χ1v) is 5.03. The summed E-state index contributed by atoms with van der Waals surface area (Å²) in [4.78, 5) is 15.6. The second kappa shape index (κ2) is 5.56. The predicted octanol–water partition coefficient (Wildman–Crippen LogP) is 1.30. The first-order valence-electron chi connectivity index (χ1n) is 5.03. The highest BCUT2D eigenvalue weighted by Crippen LogP contribution is 2.04. The van der Waals surface area contributed by atoms with Gasteiger partial charge in [-0.25, -0.2) is 0 Å². The van der Waals surface area contributed by atoms with Crippen molar-refractivity contribution < 1.29 is 9.21 Å². The standard InChI is InChI=1S/C11H18N2O2/c1-12(2)6-4-7-13(3)11(14)10-5-8-15-9-10/h5,8-9H,4,6-7H2,1-3H3. The number of amides is 1. The SMILES string of the molecule is CN(C)CCCN(C)C(=O)c1ccoc1. The minimum atomic E-state index is 0.0162. The molecule has 0 fully saturated rings. The van der Waals surface area contributed by atoms with Crippen LogP contribution in [0.3, 0.4) is 0 Å². The van der Waals surface area contributed by atoms with Crippen LogP contribution in [0.25, 0.3) is 0 Å². The number of nitrogens with zero attached hydrogens (tertiary/aromatic N) is 2. The van der Waals surface area contributed by atoms with Crippen LogP contribution in [0.15, 0.2) is 23.0 Å². The molecule has 0 bridgehead atoms. The van der Waals surface area contributed by atoms with Crippen LogP contribution in [-0.4, -0.2) is 49.9 Å². The lowest BCUT2D eigenvalue weighted by molar-refractivity contribution is 0.0790. The third-order valence-electron chi connectivity index (χ3n) is 2.21. The van der Waals surface area contributed by atoms with Gasteiger partial charge in [-0.2, -0.15) is 0 Å². The van der Waals surface area contributed by atoms with Gasteiger partial charge in [0.15, 0.2) is 0 Å². The van der Waals surface area contributed by atoms with Crippen LogP contribution >= 0.6 is 0 Å². The van der Waals surface area contributed by atoms with Crippen molar-refractivity contribution in [2.75, 3.05) is 34.2 Å². The van der Waals surface area contributed by atoms with Crippen LogP contribution < -0.4 is 0 Å². The summed E-state index contributed by atoms with van der Waals surface area (Å²) in [6, 6.07) is 1.69. The summed E-state index contributed by atoms with van der Waals surface area (Å²) in [5.41, 5.74) is 0.613. The molecule has 0 atom stereocenters. The summed E-state index contributed by atoms with van der Waals surface area (Å²) in [6.45, 7) is 1.76. The van der Waals surface area contributed by atoms with Crippen molar-refractivity contribution in [3.63, 3.8) is 0 Å². The Morgan fingerprint density at radius 1 is 1.33 bits per heavy atom. The molecule has 0 aliphatic heterocycles. The van der Waals surface area contributed by atoms with Gasteiger partial charge in [0, 0.05) is 13.6 Å². The first-order chi connectivity index (χ1) is 7.11. The molecule has 1 heterocycles. The zero-order valence-corrected chi connectivity index (χ0v) is 9.56. The van der Waals surface area contributed by atoms with Gasteiger partial charge in [0.25, 0.3) is 5.91 Å². The molecule has 0 aromatic carbocycles. The van der Waals surface area contributed by atoms with Crippen molar-refractivity contribution in [1.82, 2.24) is 9.80 Å². The molecule has 0 aliphatic rings. The lowest BCUT2D eigenvalue weighted by atomic mass is 10.3. The van der Waals surface area contributed by atoms with E-state index in [2.05, 4.69) is 4.90 Å². The van der Waals surface area contributed by atoms with E-state index in [1.165, 1.54) is 12.5 Å². The van der Waals surface area contributed by atoms with E-state index in [1.807, 2.05) is 21.1 Å². The Bertz CT molecular complexity index is 294. The second-order valence-corrected chi connectivity index (χ2v) is 3.90. The minimum Gasteiger partial charge on any atom is -0.472 e. The Kier molecular flexibility index (Phi) is 4.37. The molecule has 4 heteroatoms. The normalized spacial score (nSPS) is 10.7. The van der Waals surface area contributed by atoms with Crippen molar-refractivity contribution in [2.24, 2.45) is 0 Å². The maximum Gasteiger partial charge on any atom is 0.256 e. The van der Waals surface area contributed by atoms with Gasteiger partial charge in [-0.15, -0.1) is 0 Å². The summed E-state index contributed by atoms with van der Waals surface area (Å²) < 4.78 is 4.87. The van der Waals surface area contributed by atoms with Gasteiger partial charge in [-0.1, -0.05) is 0 Å². The van der Waals surface area contributed by atoms with Gasteiger partial charge >= 0.3 is 0 Å². The summed E-state index contributed by atoms with van der Waals surface area (Å²) in [5.74, 6) is 0.0162. The maximum atomic E-state index is 11.7. The molecule has 0 radical (unpaired) electrons. The molecule has 0 saturated carbocycles. The van der Waals surface area contributed by atoms with Gasteiger partial charge < -0.3 is 14.2 Å². The highest BCUT2D eigenvalue weighted by molar-refractivity contribution is 5.93. The lowest BCUT2D eigenvalue weighted by Crippen LogP contribution is -2.29. The van der Waals surface area contributed by atoms with E-state index >= 15 is 0 Å². The Morgan fingerprint density at radius 2 is 2.07 bits per heavy atom. The van der Waals surface area contributed by atoms with Gasteiger partial charge in [0.1, 0.15) is 6.26 Å². The molecule has 0 unspecified atom stereocenters. The number of hydrogen-bond donors (Lipinski definition) is 0. The van der Waals surface area contributed by atoms with Crippen molar-refractivity contribution in [3.8, 4) is 0 Å². The molecular formula is C11H18N2O2. The molecule has 0 spiro atoms. The van der Waals surface area contributed by atoms with E-state index in [0.717, 1.165) is 19.5 Å². The average Bonchev–Trinajstić information content (AvgIpc) is 2.68. The Balaban J connectivity index is 2.34. The van der Waals surface area contributed by atoms with E-state index < -0.39 is 0 Å². The van der Waals surface area contributed by atoms with Gasteiger partial charge in [0.2, 0.25) is 0 Å². The fourth-order valence-electron chi connectivity index (χ4n) is 1.33. The van der Waals surface area contributed by atoms with Crippen molar-refractivity contribution in [3.05, 3.63) is 24.2 Å². The van der Waals surface area contributed by atoms with E-state index in [9.17, 15) is 4.79 Å². The molecule has 1 aromatic heterocycles. The molecule has 84 valence electrons. The molecule has 0 aliphatic carbocycles. The quantitative estimate of drug-likeness (QED) is 0.735. The monoisotopic (exact) mass is 210 g/mol. The largest absolute Gasteiger partial charge is 0.472 e. The zero-order valence-electron chi connectivity index (χ0n) is 9.56. The molecule has 0 N–H and O–H groups in total.